The highest BCUT2D eigenvalue weighted by Crippen LogP contribution is 2.24. The van der Waals surface area contributed by atoms with Gasteiger partial charge in [-0.2, -0.15) is 5.10 Å². The molecule has 0 aliphatic carbocycles. The highest BCUT2D eigenvalue weighted by atomic mass is 19.1. The molecule has 27 heavy (non-hydrogen) atoms. The molecule has 0 saturated heterocycles. The minimum absolute atomic E-state index is 0.201. The van der Waals surface area contributed by atoms with E-state index in [9.17, 15) is 13.6 Å². The van der Waals surface area contributed by atoms with Crippen LogP contribution in [0.2, 0.25) is 0 Å². The summed E-state index contributed by atoms with van der Waals surface area (Å²) in [5.74, 6) is -1.82. The van der Waals surface area contributed by atoms with Crippen LogP contribution in [-0.2, 0) is 4.79 Å². The van der Waals surface area contributed by atoms with Gasteiger partial charge in [0.15, 0.2) is 0 Å². The number of nitrogens with zero attached hydrogens (tertiary/aromatic N) is 3. The van der Waals surface area contributed by atoms with E-state index in [4.69, 9.17) is 0 Å². The van der Waals surface area contributed by atoms with Crippen LogP contribution in [0.25, 0.3) is 5.69 Å². The summed E-state index contributed by atoms with van der Waals surface area (Å²) >= 11 is 0. The number of aryl methyl sites for hydroxylation is 1. The summed E-state index contributed by atoms with van der Waals surface area (Å²) in [7, 11) is 1.47. The summed E-state index contributed by atoms with van der Waals surface area (Å²) in [5.41, 5.74) is 2.66. The van der Waals surface area contributed by atoms with Gasteiger partial charge in [-0.15, -0.1) is 0 Å². The largest absolute Gasteiger partial charge is 0.361 e. The Labute approximate surface area is 156 Å². The maximum atomic E-state index is 13.9. The number of likely N-dealkylation sites (N-methyl/N-ethyl adjacent to an activating group) is 1. The van der Waals surface area contributed by atoms with E-state index in [0.29, 0.717) is 11.4 Å². The van der Waals surface area contributed by atoms with Crippen LogP contribution in [0.1, 0.15) is 11.4 Å². The van der Waals surface area contributed by atoms with Crippen LogP contribution in [0.3, 0.4) is 0 Å². The van der Waals surface area contributed by atoms with Crippen molar-refractivity contribution in [1.29, 1.82) is 0 Å². The maximum Gasteiger partial charge on any atom is 0.243 e. The molecule has 3 rings (SSSR count). The van der Waals surface area contributed by atoms with E-state index in [1.165, 1.54) is 18.0 Å². The third kappa shape index (κ3) is 3.81. The predicted octanol–water partition coefficient (Wildman–Crippen LogP) is 3.84. The number of benzene rings is 2. The quantitative estimate of drug-likeness (QED) is 0.742. The van der Waals surface area contributed by atoms with Gasteiger partial charge in [-0.1, -0.05) is 24.3 Å². The Bertz CT molecular complexity index is 949. The summed E-state index contributed by atoms with van der Waals surface area (Å²) in [5, 5.41) is 7.27. The van der Waals surface area contributed by atoms with Crippen molar-refractivity contribution in [1.82, 2.24) is 9.78 Å². The number of hydrogen-bond donors (Lipinski definition) is 1. The fourth-order valence-electron chi connectivity index (χ4n) is 2.97. The Morgan fingerprint density at radius 3 is 2.33 bits per heavy atom. The zero-order valence-corrected chi connectivity index (χ0v) is 15.3. The van der Waals surface area contributed by atoms with E-state index in [-0.39, 0.29) is 18.1 Å². The number of para-hydroxylation sites is 2. The number of hydrogen-bond acceptors (Lipinski definition) is 3. The molecule has 3 aromatic rings. The van der Waals surface area contributed by atoms with Crippen molar-refractivity contribution < 1.29 is 13.6 Å². The second-order valence-corrected chi connectivity index (χ2v) is 6.27. The standard InChI is InChI=1S/C20H20F2N4O/c1-13-19(14(2)26(24-13)15-8-5-4-6-9-15)23-18(27)12-25(3)20-16(21)10-7-11-17(20)22/h4-11H,12H2,1-3H3,(H,23,27). The van der Waals surface area contributed by atoms with E-state index < -0.39 is 11.6 Å². The van der Waals surface area contributed by atoms with Crippen molar-refractivity contribution >= 4 is 17.3 Å². The van der Waals surface area contributed by atoms with Gasteiger partial charge in [0, 0.05) is 7.05 Å². The molecule has 0 bridgehead atoms. The number of halogens is 2. The van der Waals surface area contributed by atoms with Gasteiger partial charge in [0.05, 0.1) is 29.3 Å². The molecule has 1 heterocycles. The lowest BCUT2D eigenvalue weighted by Gasteiger charge is -2.20. The molecular formula is C20H20F2N4O. The van der Waals surface area contributed by atoms with E-state index in [1.807, 2.05) is 37.3 Å². The first-order valence-electron chi connectivity index (χ1n) is 8.45. The summed E-state index contributed by atoms with van der Waals surface area (Å²) in [4.78, 5) is 13.7. The molecule has 0 unspecified atom stereocenters. The summed E-state index contributed by atoms with van der Waals surface area (Å²) in [6.45, 7) is 3.44. The third-order valence-electron chi connectivity index (χ3n) is 4.26. The van der Waals surface area contributed by atoms with Crippen molar-refractivity contribution in [3.63, 3.8) is 0 Å². The molecule has 1 amide bonds. The molecular weight excluding hydrogens is 350 g/mol. The van der Waals surface area contributed by atoms with Crippen LogP contribution in [0, 0.1) is 25.5 Å². The molecule has 0 saturated carbocycles. The Morgan fingerprint density at radius 1 is 1.07 bits per heavy atom. The molecule has 0 fully saturated rings. The van der Waals surface area contributed by atoms with Crippen molar-refractivity contribution in [2.75, 3.05) is 23.8 Å². The SMILES string of the molecule is Cc1nn(-c2ccccc2)c(C)c1NC(=O)CN(C)c1c(F)cccc1F. The Kier molecular flexibility index (Phi) is 5.21. The molecule has 7 heteroatoms. The van der Waals surface area contributed by atoms with Gasteiger partial charge in [-0.3, -0.25) is 4.79 Å². The molecule has 140 valence electrons. The molecule has 5 nitrogen and oxygen atoms in total. The molecule has 0 atom stereocenters. The van der Waals surface area contributed by atoms with Gasteiger partial charge in [-0.05, 0) is 38.1 Å². The number of carbonyl (C=O) groups is 1. The Balaban J connectivity index is 1.78. The number of rotatable bonds is 5. The van der Waals surface area contributed by atoms with Crippen molar-refractivity contribution in [2.24, 2.45) is 0 Å². The molecule has 0 radical (unpaired) electrons. The summed E-state index contributed by atoms with van der Waals surface area (Å²) < 4.78 is 29.5. The van der Waals surface area contributed by atoms with E-state index in [1.54, 1.807) is 11.6 Å². The van der Waals surface area contributed by atoms with Crippen LogP contribution < -0.4 is 10.2 Å². The second-order valence-electron chi connectivity index (χ2n) is 6.27. The van der Waals surface area contributed by atoms with Crippen LogP contribution in [-0.4, -0.2) is 29.3 Å². The molecule has 2 aromatic carbocycles. The normalized spacial score (nSPS) is 10.7. The van der Waals surface area contributed by atoms with Crippen molar-refractivity contribution in [2.45, 2.75) is 13.8 Å². The lowest BCUT2D eigenvalue weighted by Crippen LogP contribution is -2.31. The van der Waals surface area contributed by atoms with Crippen molar-refractivity contribution in [3.8, 4) is 5.69 Å². The first-order valence-corrected chi connectivity index (χ1v) is 8.45. The minimum atomic E-state index is -0.713. The number of nitrogens with one attached hydrogen (secondary N) is 1. The van der Waals surface area contributed by atoms with Crippen molar-refractivity contribution in [3.05, 3.63) is 71.6 Å². The fraction of sp³-hybridized carbons (Fsp3) is 0.200. The monoisotopic (exact) mass is 370 g/mol. The Morgan fingerprint density at radius 2 is 1.70 bits per heavy atom. The number of amides is 1. The first-order chi connectivity index (χ1) is 12.9. The van der Waals surface area contributed by atoms with Crippen LogP contribution in [0.5, 0.6) is 0 Å². The molecule has 0 aliphatic heterocycles. The van der Waals surface area contributed by atoms with Gasteiger partial charge in [-0.25, -0.2) is 13.5 Å². The van der Waals surface area contributed by atoms with E-state index in [0.717, 1.165) is 23.5 Å². The van der Waals surface area contributed by atoms with E-state index in [2.05, 4.69) is 10.4 Å². The zero-order valence-electron chi connectivity index (χ0n) is 15.3. The smallest absolute Gasteiger partial charge is 0.243 e. The fourth-order valence-corrected chi connectivity index (χ4v) is 2.97. The highest BCUT2D eigenvalue weighted by molar-refractivity contribution is 5.95. The molecule has 0 spiro atoms. The average molecular weight is 370 g/mol. The van der Waals surface area contributed by atoms with Gasteiger partial charge in [0.1, 0.15) is 17.3 Å². The van der Waals surface area contributed by atoms with Gasteiger partial charge >= 0.3 is 0 Å². The number of aromatic nitrogens is 2. The van der Waals surface area contributed by atoms with Crippen LogP contribution >= 0.6 is 0 Å². The lowest BCUT2D eigenvalue weighted by atomic mass is 10.2. The lowest BCUT2D eigenvalue weighted by molar-refractivity contribution is -0.114. The van der Waals surface area contributed by atoms with E-state index >= 15 is 0 Å². The van der Waals surface area contributed by atoms with Gasteiger partial charge in [0.25, 0.3) is 0 Å². The molecule has 1 N–H and O–H groups in total. The maximum absolute atomic E-state index is 13.9. The summed E-state index contributed by atoms with van der Waals surface area (Å²) in [6.07, 6.45) is 0. The third-order valence-corrected chi connectivity index (χ3v) is 4.26. The van der Waals surface area contributed by atoms with Crippen LogP contribution in [0.15, 0.2) is 48.5 Å². The molecule has 1 aromatic heterocycles. The highest BCUT2D eigenvalue weighted by Gasteiger charge is 2.19. The summed E-state index contributed by atoms with van der Waals surface area (Å²) in [6, 6.07) is 13.2. The first kappa shape index (κ1) is 18.6. The Hall–Kier alpha value is -3.22. The van der Waals surface area contributed by atoms with Gasteiger partial charge in [0.2, 0.25) is 5.91 Å². The van der Waals surface area contributed by atoms with Gasteiger partial charge < -0.3 is 10.2 Å². The van der Waals surface area contributed by atoms with Crippen LogP contribution in [0.4, 0.5) is 20.2 Å². The minimum Gasteiger partial charge on any atom is -0.361 e. The second kappa shape index (κ2) is 7.57. The number of anilines is 2. The number of carbonyl (C=O) groups excluding carboxylic acids is 1. The molecule has 0 aliphatic rings. The topological polar surface area (TPSA) is 50.2 Å². The zero-order chi connectivity index (χ0) is 19.6. The predicted molar refractivity (Wildman–Crippen MR) is 101 cm³/mol. The average Bonchev–Trinajstić information content (AvgIpc) is 2.90.